The van der Waals surface area contributed by atoms with Gasteiger partial charge in [-0.15, -0.1) is 0 Å². The molecule has 0 fully saturated rings. The summed E-state index contributed by atoms with van der Waals surface area (Å²) in [4.78, 5) is 26.5. The predicted octanol–water partition coefficient (Wildman–Crippen LogP) is 3.72. The molecule has 0 aliphatic rings. The molecule has 0 saturated heterocycles. The molecule has 0 unspecified atom stereocenters. The van der Waals surface area contributed by atoms with Gasteiger partial charge in [0.05, 0.1) is 24.3 Å². The standard InChI is InChI=1S/C23H25ClN4O2/c1-3-25-21(29)16-27(4-2)22(30)14-18-15-28(20-8-6-5-7-9-20)26-23(18)17-10-12-19(24)13-11-17/h5-13,15H,3-4,14,16H2,1-2H3,(H,25,29). The fraction of sp³-hybridized carbons (Fsp3) is 0.261. The minimum Gasteiger partial charge on any atom is -0.355 e. The van der Waals surface area contributed by atoms with E-state index in [4.69, 9.17) is 16.7 Å². The third-order valence-corrected chi connectivity index (χ3v) is 4.96. The number of hydrogen-bond acceptors (Lipinski definition) is 3. The Hall–Kier alpha value is -3.12. The van der Waals surface area contributed by atoms with Crippen molar-refractivity contribution in [2.45, 2.75) is 20.3 Å². The molecule has 0 radical (unpaired) electrons. The lowest BCUT2D eigenvalue weighted by Crippen LogP contribution is -2.41. The van der Waals surface area contributed by atoms with E-state index in [1.807, 2.05) is 62.5 Å². The summed E-state index contributed by atoms with van der Waals surface area (Å²) in [7, 11) is 0. The van der Waals surface area contributed by atoms with Crippen LogP contribution >= 0.6 is 11.6 Å². The molecule has 0 saturated carbocycles. The number of halogens is 1. The minimum absolute atomic E-state index is 0.0479. The van der Waals surface area contributed by atoms with Crippen LogP contribution in [0, 0.1) is 0 Å². The first-order chi connectivity index (χ1) is 14.5. The number of amides is 2. The highest BCUT2D eigenvalue weighted by atomic mass is 35.5. The summed E-state index contributed by atoms with van der Waals surface area (Å²) in [5.74, 6) is -0.280. The number of carbonyl (C=O) groups is 2. The van der Waals surface area contributed by atoms with Gasteiger partial charge in [0.1, 0.15) is 0 Å². The maximum absolute atomic E-state index is 13.0. The Morgan fingerprint density at radius 2 is 1.77 bits per heavy atom. The van der Waals surface area contributed by atoms with Crippen molar-refractivity contribution in [3.8, 4) is 16.9 Å². The normalized spacial score (nSPS) is 10.6. The van der Waals surface area contributed by atoms with Gasteiger partial charge in [0.2, 0.25) is 11.8 Å². The minimum atomic E-state index is -0.161. The second kappa shape index (κ2) is 10.1. The van der Waals surface area contributed by atoms with Crippen LogP contribution in [0.1, 0.15) is 19.4 Å². The third-order valence-electron chi connectivity index (χ3n) is 4.71. The van der Waals surface area contributed by atoms with Crippen molar-refractivity contribution in [2.75, 3.05) is 19.6 Å². The molecule has 30 heavy (non-hydrogen) atoms. The third kappa shape index (κ3) is 5.27. The van der Waals surface area contributed by atoms with Crippen molar-refractivity contribution >= 4 is 23.4 Å². The molecular formula is C23H25ClN4O2. The number of para-hydroxylation sites is 1. The van der Waals surface area contributed by atoms with Crippen molar-refractivity contribution < 1.29 is 9.59 Å². The Morgan fingerprint density at radius 1 is 1.07 bits per heavy atom. The number of likely N-dealkylation sites (N-methyl/N-ethyl adjacent to an activating group) is 2. The van der Waals surface area contributed by atoms with Crippen molar-refractivity contribution in [1.29, 1.82) is 0 Å². The van der Waals surface area contributed by atoms with E-state index in [9.17, 15) is 9.59 Å². The highest BCUT2D eigenvalue weighted by Gasteiger charge is 2.20. The number of benzene rings is 2. The molecule has 0 aliphatic carbocycles. The van der Waals surface area contributed by atoms with Crippen molar-refractivity contribution in [3.63, 3.8) is 0 Å². The van der Waals surface area contributed by atoms with E-state index in [-0.39, 0.29) is 24.8 Å². The topological polar surface area (TPSA) is 67.2 Å². The summed E-state index contributed by atoms with van der Waals surface area (Å²) in [5.41, 5.74) is 3.29. The first-order valence-electron chi connectivity index (χ1n) is 9.96. The van der Waals surface area contributed by atoms with Crippen molar-refractivity contribution in [3.05, 3.63) is 71.4 Å². The van der Waals surface area contributed by atoms with Gasteiger partial charge in [-0.2, -0.15) is 5.10 Å². The molecule has 156 valence electrons. The van der Waals surface area contributed by atoms with E-state index >= 15 is 0 Å². The van der Waals surface area contributed by atoms with Crippen LogP contribution in [0.2, 0.25) is 5.02 Å². The Morgan fingerprint density at radius 3 is 2.40 bits per heavy atom. The van der Waals surface area contributed by atoms with Gasteiger partial charge in [-0.1, -0.05) is 41.9 Å². The molecule has 2 aromatic carbocycles. The van der Waals surface area contributed by atoms with E-state index in [2.05, 4.69) is 5.32 Å². The first kappa shape index (κ1) is 21.6. The number of nitrogens with zero attached hydrogens (tertiary/aromatic N) is 3. The van der Waals surface area contributed by atoms with Crippen LogP contribution in [-0.4, -0.2) is 46.1 Å². The maximum atomic E-state index is 13.0. The second-order valence-electron chi connectivity index (χ2n) is 6.83. The summed E-state index contributed by atoms with van der Waals surface area (Å²) >= 11 is 6.03. The number of hydrogen-bond donors (Lipinski definition) is 1. The van der Waals surface area contributed by atoms with Crippen LogP contribution in [0.3, 0.4) is 0 Å². The van der Waals surface area contributed by atoms with Gasteiger partial charge in [-0.3, -0.25) is 9.59 Å². The average Bonchev–Trinajstić information content (AvgIpc) is 3.17. The largest absolute Gasteiger partial charge is 0.355 e. The smallest absolute Gasteiger partial charge is 0.239 e. The number of nitrogens with one attached hydrogen (secondary N) is 1. The van der Waals surface area contributed by atoms with Crippen LogP contribution in [0.15, 0.2) is 60.8 Å². The summed E-state index contributed by atoms with van der Waals surface area (Å²) in [6.07, 6.45) is 2.02. The summed E-state index contributed by atoms with van der Waals surface area (Å²) in [6.45, 7) is 4.76. The Balaban J connectivity index is 1.91. The van der Waals surface area contributed by atoms with Crippen LogP contribution < -0.4 is 5.32 Å². The zero-order valence-electron chi connectivity index (χ0n) is 17.1. The van der Waals surface area contributed by atoms with Crippen LogP contribution in [-0.2, 0) is 16.0 Å². The van der Waals surface area contributed by atoms with Gasteiger partial charge < -0.3 is 10.2 Å². The van der Waals surface area contributed by atoms with E-state index in [1.54, 1.807) is 21.7 Å². The maximum Gasteiger partial charge on any atom is 0.239 e. The van der Waals surface area contributed by atoms with Crippen LogP contribution in [0.5, 0.6) is 0 Å². The number of carbonyl (C=O) groups excluding carboxylic acids is 2. The SMILES string of the molecule is CCNC(=O)CN(CC)C(=O)Cc1cn(-c2ccccc2)nc1-c1ccc(Cl)cc1. The number of aromatic nitrogens is 2. The first-order valence-corrected chi connectivity index (χ1v) is 10.3. The van der Waals surface area contributed by atoms with E-state index < -0.39 is 0 Å². The molecule has 0 aliphatic heterocycles. The summed E-state index contributed by atoms with van der Waals surface area (Å²) in [6, 6.07) is 17.1. The number of rotatable bonds is 8. The van der Waals surface area contributed by atoms with E-state index in [0.29, 0.717) is 18.1 Å². The molecule has 0 spiro atoms. The molecule has 3 aromatic rings. The van der Waals surface area contributed by atoms with Gasteiger partial charge in [0.15, 0.2) is 0 Å². The molecule has 0 bridgehead atoms. The molecular weight excluding hydrogens is 400 g/mol. The fourth-order valence-corrected chi connectivity index (χ4v) is 3.31. The molecule has 1 N–H and O–H groups in total. The lowest BCUT2D eigenvalue weighted by atomic mass is 10.1. The zero-order chi connectivity index (χ0) is 21.5. The lowest BCUT2D eigenvalue weighted by molar-refractivity contribution is -0.135. The highest BCUT2D eigenvalue weighted by molar-refractivity contribution is 6.30. The highest BCUT2D eigenvalue weighted by Crippen LogP contribution is 2.26. The molecule has 2 amide bonds. The Bertz CT molecular complexity index is 1000. The molecule has 1 aromatic heterocycles. The van der Waals surface area contributed by atoms with Crippen molar-refractivity contribution in [1.82, 2.24) is 20.0 Å². The average molecular weight is 425 g/mol. The Labute approximate surface area is 181 Å². The van der Waals surface area contributed by atoms with Crippen LogP contribution in [0.25, 0.3) is 16.9 Å². The Kier molecular flexibility index (Phi) is 7.25. The lowest BCUT2D eigenvalue weighted by Gasteiger charge is -2.20. The monoisotopic (exact) mass is 424 g/mol. The fourth-order valence-electron chi connectivity index (χ4n) is 3.18. The summed E-state index contributed by atoms with van der Waals surface area (Å²) in [5, 5.41) is 8.10. The van der Waals surface area contributed by atoms with Gasteiger partial charge >= 0.3 is 0 Å². The quantitative estimate of drug-likeness (QED) is 0.599. The summed E-state index contributed by atoms with van der Waals surface area (Å²) < 4.78 is 1.77. The van der Waals surface area contributed by atoms with E-state index in [1.165, 1.54) is 0 Å². The second-order valence-corrected chi connectivity index (χ2v) is 7.26. The predicted molar refractivity (Wildman–Crippen MR) is 119 cm³/mol. The van der Waals surface area contributed by atoms with Crippen LogP contribution in [0.4, 0.5) is 0 Å². The zero-order valence-corrected chi connectivity index (χ0v) is 17.9. The van der Waals surface area contributed by atoms with Crippen molar-refractivity contribution in [2.24, 2.45) is 0 Å². The molecule has 0 atom stereocenters. The molecule has 7 heteroatoms. The molecule has 1 heterocycles. The molecule has 6 nitrogen and oxygen atoms in total. The van der Waals surface area contributed by atoms with Gasteiger partial charge in [0.25, 0.3) is 0 Å². The van der Waals surface area contributed by atoms with Gasteiger partial charge in [-0.05, 0) is 38.1 Å². The van der Waals surface area contributed by atoms with E-state index in [0.717, 1.165) is 22.5 Å². The van der Waals surface area contributed by atoms with Gasteiger partial charge in [-0.25, -0.2) is 4.68 Å². The van der Waals surface area contributed by atoms with Gasteiger partial charge in [0, 0.05) is 35.4 Å². The molecule has 3 rings (SSSR count).